The van der Waals surface area contributed by atoms with Crippen LogP contribution in [0.1, 0.15) is 5.56 Å². The van der Waals surface area contributed by atoms with Crippen LogP contribution in [0.4, 0.5) is 5.69 Å². The zero-order valence-corrected chi connectivity index (χ0v) is 11.0. The van der Waals surface area contributed by atoms with Gasteiger partial charge >= 0.3 is 0 Å². The van der Waals surface area contributed by atoms with E-state index in [9.17, 15) is 0 Å². The molecule has 2 N–H and O–H groups in total. The second-order valence-electron chi connectivity index (χ2n) is 3.91. The van der Waals surface area contributed by atoms with Gasteiger partial charge in [-0.15, -0.1) is 0 Å². The van der Waals surface area contributed by atoms with Crippen molar-refractivity contribution in [2.24, 2.45) is 0 Å². The first-order valence-corrected chi connectivity index (χ1v) is 6.33. The molecular formula is C12H14BrN3O. The molecule has 1 aliphatic rings. The first-order valence-electron chi connectivity index (χ1n) is 5.54. The maximum atomic E-state index is 8.77. The number of hydrogen-bond donors (Lipinski definition) is 2. The Morgan fingerprint density at radius 2 is 2.47 bits per heavy atom. The topological polar surface area (TPSA) is 57.1 Å². The van der Waals surface area contributed by atoms with Crippen molar-refractivity contribution in [2.45, 2.75) is 6.04 Å². The molecule has 17 heavy (non-hydrogen) atoms. The Morgan fingerprint density at radius 3 is 3.12 bits per heavy atom. The zero-order valence-electron chi connectivity index (χ0n) is 9.37. The highest BCUT2D eigenvalue weighted by Gasteiger charge is 2.12. The molecule has 0 aromatic heterocycles. The van der Waals surface area contributed by atoms with Crippen molar-refractivity contribution in [1.29, 1.82) is 5.26 Å². The monoisotopic (exact) mass is 295 g/mol. The lowest BCUT2D eigenvalue weighted by molar-refractivity contribution is 0.0806. The van der Waals surface area contributed by atoms with E-state index in [-0.39, 0.29) is 0 Å². The van der Waals surface area contributed by atoms with Crippen molar-refractivity contribution in [3.8, 4) is 6.07 Å². The third-order valence-electron chi connectivity index (χ3n) is 2.64. The average molecular weight is 296 g/mol. The second-order valence-corrected chi connectivity index (χ2v) is 4.77. The van der Waals surface area contributed by atoms with Gasteiger partial charge in [-0.25, -0.2) is 0 Å². The first kappa shape index (κ1) is 12.4. The molecule has 0 aliphatic carbocycles. The fraction of sp³-hybridized carbons (Fsp3) is 0.417. The largest absolute Gasteiger partial charge is 0.382 e. The van der Waals surface area contributed by atoms with Gasteiger partial charge in [-0.2, -0.15) is 5.26 Å². The molecule has 90 valence electrons. The number of nitrogens with one attached hydrogen (secondary N) is 2. The number of nitrogens with zero attached hydrogens (tertiary/aromatic N) is 1. The van der Waals surface area contributed by atoms with Gasteiger partial charge in [-0.1, -0.05) is 0 Å². The van der Waals surface area contributed by atoms with Crippen LogP contribution in [0.25, 0.3) is 0 Å². The van der Waals surface area contributed by atoms with Gasteiger partial charge in [-0.3, -0.25) is 0 Å². The Labute approximate surface area is 109 Å². The highest BCUT2D eigenvalue weighted by molar-refractivity contribution is 9.10. The van der Waals surface area contributed by atoms with E-state index in [2.05, 4.69) is 32.6 Å². The molecule has 0 amide bonds. The molecule has 1 aliphatic heterocycles. The van der Waals surface area contributed by atoms with Crippen molar-refractivity contribution < 1.29 is 4.74 Å². The number of benzene rings is 1. The predicted octanol–water partition coefficient (Wildman–Crippen LogP) is 1.72. The van der Waals surface area contributed by atoms with Crippen molar-refractivity contribution in [3.63, 3.8) is 0 Å². The lowest BCUT2D eigenvalue weighted by Gasteiger charge is -2.24. The summed E-state index contributed by atoms with van der Waals surface area (Å²) < 4.78 is 6.29. The number of halogens is 1. The second kappa shape index (κ2) is 6.01. The molecule has 5 heteroatoms. The number of hydrogen-bond acceptors (Lipinski definition) is 4. The molecule has 0 bridgehead atoms. The minimum absolute atomic E-state index is 0.339. The van der Waals surface area contributed by atoms with Crippen LogP contribution < -0.4 is 10.6 Å². The molecule has 0 radical (unpaired) electrons. The third-order valence-corrected chi connectivity index (χ3v) is 3.29. The fourth-order valence-corrected chi connectivity index (χ4v) is 2.23. The molecule has 1 unspecified atom stereocenters. The van der Waals surface area contributed by atoms with E-state index in [0.29, 0.717) is 11.6 Å². The van der Waals surface area contributed by atoms with Gasteiger partial charge in [0.2, 0.25) is 0 Å². The summed E-state index contributed by atoms with van der Waals surface area (Å²) in [6.45, 7) is 3.24. The molecule has 0 saturated carbocycles. The minimum atomic E-state index is 0.339. The molecule has 1 heterocycles. The van der Waals surface area contributed by atoms with Gasteiger partial charge in [0.25, 0.3) is 0 Å². The summed E-state index contributed by atoms with van der Waals surface area (Å²) >= 11 is 3.45. The lowest BCUT2D eigenvalue weighted by atomic mass is 10.2. The van der Waals surface area contributed by atoms with Crippen LogP contribution >= 0.6 is 15.9 Å². The summed E-state index contributed by atoms with van der Waals surface area (Å²) in [5.74, 6) is 0. The number of ether oxygens (including phenoxy) is 1. The zero-order chi connectivity index (χ0) is 12.1. The predicted molar refractivity (Wildman–Crippen MR) is 70.0 cm³/mol. The van der Waals surface area contributed by atoms with Gasteiger partial charge in [0.05, 0.1) is 24.8 Å². The normalized spacial score (nSPS) is 19.6. The first-order chi connectivity index (χ1) is 8.29. The standard InChI is InChI=1S/C12H14BrN3O/c13-11-5-9(6-14)1-2-12(11)16-7-10-8-17-4-3-15-10/h1-2,5,10,15-16H,3-4,7-8H2. The highest BCUT2D eigenvalue weighted by Crippen LogP contribution is 2.23. The summed E-state index contributed by atoms with van der Waals surface area (Å²) in [6.07, 6.45) is 0. The Kier molecular flexibility index (Phi) is 4.37. The van der Waals surface area contributed by atoms with Crippen molar-refractivity contribution in [3.05, 3.63) is 28.2 Å². The number of nitriles is 1. The van der Waals surface area contributed by atoms with Gasteiger partial charge in [0.1, 0.15) is 0 Å². The summed E-state index contributed by atoms with van der Waals surface area (Å²) in [6, 6.07) is 7.97. The smallest absolute Gasteiger partial charge is 0.0992 e. The van der Waals surface area contributed by atoms with Crippen molar-refractivity contribution >= 4 is 21.6 Å². The third kappa shape index (κ3) is 3.43. The van der Waals surface area contributed by atoms with E-state index in [1.54, 1.807) is 6.07 Å². The van der Waals surface area contributed by atoms with Crippen molar-refractivity contribution in [1.82, 2.24) is 5.32 Å². The molecule has 1 aromatic carbocycles. The quantitative estimate of drug-likeness (QED) is 0.892. The molecule has 1 saturated heterocycles. The van der Waals surface area contributed by atoms with Crippen LogP contribution in [-0.4, -0.2) is 32.3 Å². The molecule has 0 spiro atoms. The van der Waals surface area contributed by atoms with E-state index < -0.39 is 0 Å². The number of morpholine rings is 1. The van der Waals surface area contributed by atoms with Gasteiger partial charge < -0.3 is 15.4 Å². The van der Waals surface area contributed by atoms with Crippen LogP contribution in [0.15, 0.2) is 22.7 Å². The van der Waals surface area contributed by atoms with Crippen LogP contribution in [0, 0.1) is 11.3 Å². The molecule has 1 fully saturated rings. The van der Waals surface area contributed by atoms with Crippen LogP contribution in [-0.2, 0) is 4.74 Å². The SMILES string of the molecule is N#Cc1ccc(NCC2COCCN2)c(Br)c1. The molecule has 1 aromatic rings. The fourth-order valence-electron chi connectivity index (χ4n) is 1.71. The van der Waals surface area contributed by atoms with E-state index in [1.165, 1.54) is 0 Å². The minimum Gasteiger partial charge on any atom is -0.382 e. The van der Waals surface area contributed by atoms with E-state index in [1.807, 2.05) is 12.1 Å². The maximum Gasteiger partial charge on any atom is 0.0992 e. The van der Waals surface area contributed by atoms with Crippen LogP contribution in [0.5, 0.6) is 0 Å². The molecular weight excluding hydrogens is 282 g/mol. The van der Waals surface area contributed by atoms with Crippen LogP contribution in [0.2, 0.25) is 0 Å². The Hall–Kier alpha value is -1.09. The van der Waals surface area contributed by atoms with E-state index >= 15 is 0 Å². The van der Waals surface area contributed by atoms with Crippen LogP contribution in [0.3, 0.4) is 0 Å². The molecule has 4 nitrogen and oxygen atoms in total. The lowest BCUT2D eigenvalue weighted by Crippen LogP contribution is -2.45. The number of rotatable bonds is 3. The Balaban J connectivity index is 1.92. The Bertz CT molecular complexity index is 424. The summed E-state index contributed by atoms with van der Waals surface area (Å²) in [5.41, 5.74) is 1.65. The summed E-state index contributed by atoms with van der Waals surface area (Å²) in [5, 5.41) is 15.5. The molecule has 2 rings (SSSR count). The summed E-state index contributed by atoms with van der Waals surface area (Å²) in [4.78, 5) is 0. The average Bonchev–Trinajstić information content (AvgIpc) is 2.38. The Morgan fingerprint density at radius 1 is 1.59 bits per heavy atom. The maximum absolute atomic E-state index is 8.77. The van der Waals surface area contributed by atoms with E-state index in [4.69, 9.17) is 10.00 Å². The van der Waals surface area contributed by atoms with Gasteiger partial charge in [-0.05, 0) is 34.1 Å². The highest BCUT2D eigenvalue weighted by atomic mass is 79.9. The van der Waals surface area contributed by atoms with Crippen molar-refractivity contribution in [2.75, 3.05) is 31.6 Å². The number of anilines is 1. The van der Waals surface area contributed by atoms with E-state index in [0.717, 1.165) is 36.5 Å². The van der Waals surface area contributed by atoms with Gasteiger partial charge in [0.15, 0.2) is 0 Å². The molecule has 1 atom stereocenters. The summed E-state index contributed by atoms with van der Waals surface area (Å²) in [7, 11) is 0. The van der Waals surface area contributed by atoms with Gasteiger partial charge in [0, 0.05) is 29.3 Å².